The molecule has 1 amide bonds. The molecule has 0 aliphatic rings. The zero-order chi connectivity index (χ0) is 14.3. The maximum atomic E-state index is 11.9. The molecule has 1 aromatic carbocycles. The van der Waals surface area contributed by atoms with Crippen molar-refractivity contribution < 1.29 is 4.79 Å². The lowest BCUT2D eigenvalue weighted by atomic mass is 10.2. The zero-order valence-corrected chi connectivity index (χ0v) is 13.0. The molecule has 0 spiro atoms. The van der Waals surface area contributed by atoms with Crippen molar-refractivity contribution in [2.24, 2.45) is 5.73 Å². The standard InChI is InChI=1S/C14H21ClN2OS/c1-3-13(16)9-19-10-14(18)17(2)8-11-5-4-6-12(15)7-11/h4-7,13H,3,8-10,16H2,1-2H3. The quantitative estimate of drug-likeness (QED) is 0.842. The smallest absolute Gasteiger partial charge is 0.232 e. The highest BCUT2D eigenvalue weighted by Gasteiger charge is 2.10. The summed E-state index contributed by atoms with van der Waals surface area (Å²) in [5, 5.41) is 0.696. The largest absolute Gasteiger partial charge is 0.341 e. The van der Waals surface area contributed by atoms with Crippen molar-refractivity contribution in [3.63, 3.8) is 0 Å². The van der Waals surface area contributed by atoms with E-state index in [2.05, 4.69) is 6.92 Å². The third-order valence-electron chi connectivity index (χ3n) is 2.82. The van der Waals surface area contributed by atoms with Gasteiger partial charge in [0.2, 0.25) is 5.91 Å². The molecule has 0 radical (unpaired) electrons. The number of thioether (sulfide) groups is 1. The SMILES string of the molecule is CCC(N)CSCC(=O)N(C)Cc1cccc(Cl)c1. The molecular formula is C14H21ClN2OS. The van der Waals surface area contributed by atoms with Gasteiger partial charge >= 0.3 is 0 Å². The number of benzene rings is 1. The molecular weight excluding hydrogens is 280 g/mol. The molecule has 1 atom stereocenters. The number of hydrogen-bond acceptors (Lipinski definition) is 3. The van der Waals surface area contributed by atoms with Crippen molar-refractivity contribution in [1.29, 1.82) is 0 Å². The van der Waals surface area contributed by atoms with E-state index in [1.165, 1.54) is 0 Å². The minimum atomic E-state index is 0.119. The van der Waals surface area contributed by atoms with E-state index < -0.39 is 0 Å². The summed E-state index contributed by atoms with van der Waals surface area (Å²) in [6.45, 7) is 2.64. The van der Waals surface area contributed by atoms with Gasteiger partial charge in [0.15, 0.2) is 0 Å². The first-order valence-corrected chi connectivity index (χ1v) is 7.88. The Balaban J connectivity index is 2.36. The van der Waals surface area contributed by atoms with E-state index in [1.807, 2.05) is 31.3 Å². The zero-order valence-electron chi connectivity index (χ0n) is 11.4. The summed E-state index contributed by atoms with van der Waals surface area (Å²) in [5.41, 5.74) is 6.86. The second-order valence-corrected chi connectivity index (χ2v) is 6.03. The van der Waals surface area contributed by atoms with Gasteiger partial charge in [0.25, 0.3) is 0 Å². The highest BCUT2D eigenvalue weighted by molar-refractivity contribution is 7.99. The van der Waals surface area contributed by atoms with Crippen LogP contribution in [0, 0.1) is 0 Å². The molecule has 3 nitrogen and oxygen atoms in total. The highest BCUT2D eigenvalue weighted by Crippen LogP contribution is 2.13. The van der Waals surface area contributed by atoms with E-state index >= 15 is 0 Å². The van der Waals surface area contributed by atoms with Gasteiger partial charge in [0.1, 0.15) is 0 Å². The number of halogens is 1. The summed E-state index contributed by atoms with van der Waals surface area (Å²) in [5.74, 6) is 1.42. The van der Waals surface area contributed by atoms with E-state index in [0.29, 0.717) is 17.3 Å². The third-order valence-corrected chi connectivity index (χ3v) is 4.17. The Kier molecular flexibility index (Phi) is 7.28. The van der Waals surface area contributed by atoms with Gasteiger partial charge in [-0.15, -0.1) is 0 Å². The molecule has 106 valence electrons. The second-order valence-electron chi connectivity index (χ2n) is 4.56. The fourth-order valence-electron chi connectivity index (χ4n) is 1.52. The highest BCUT2D eigenvalue weighted by atomic mass is 35.5. The van der Waals surface area contributed by atoms with Crippen LogP contribution in [0.3, 0.4) is 0 Å². The summed E-state index contributed by atoms with van der Waals surface area (Å²) >= 11 is 7.51. The topological polar surface area (TPSA) is 46.3 Å². The number of carbonyl (C=O) groups excluding carboxylic acids is 1. The summed E-state index contributed by atoms with van der Waals surface area (Å²) in [6.07, 6.45) is 0.944. The molecule has 0 saturated carbocycles. The van der Waals surface area contributed by atoms with E-state index in [9.17, 15) is 4.79 Å². The maximum Gasteiger partial charge on any atom is 0.232 e. The van der Waals surface area contributed by atoms with Gasteiger partial charge in [-0.25, -0.2) is 0 Å². The summed E-state index contributed by atoms with van der Waals surface area (Å²) in [4.78, 5) is 13.7. The molecule has 0 saturated heterocycles. The predicted octanol–water partition coefficient (Wildman–Crippen LogP) is 2.77. The van der Waals surface area contributed by atoms with E-state index in [-0.39, 0.29) is 11.9 Å². The average molecular weight is 301 g/mol. The normalized spacial score (nSPS) is 12.2. The molecule has 1 unspecified atom stereocenters. The molecule has 0 heterocycles. The minimum Gasteiger partial charge on any atom is -0.341 e. The molecule has 19 heavy (non-hydrogen) atoms. The number of amides is 1. The van der Waals surface area contributed by atoms with Crippen LogP contribution in [0.2, 0.25) is 5.02 Å². The number of nitrogens with two attached hydrogens (primary N) is 1. The summed E-state index contributed by atoms with van der Waals surface area (Å²) < 4.78 is 0. The number of nitrogens with zero attached hydrogens (tertiary/aromatic N) is 1. The Bertz CT molecular complexity index is 414. The second kappa shape index (κ2) is 8.46. The molecule has 0 fully saturated rings. The van der Waals surface area contributed by atoms with Crippen molar-refractivity contribution in [3.05, 3.63) is 34.9 Å². The van der Waals surface area contributed by atoms with Gasteiger partial charge in [-0.1, -0.05) is 30.7 Å². The maximum absolute atomic E-state index is 11.9. The van der Waals surface area contributed by atoms with Crippen LogP contribution in [0.5, 0.6) is 0 Å². The fourth-order valence-corrected chi connectivity index (χ4v) is 2.79. The van der Waals surface area contributed by atoms with Gasteiger partial charge in [-0.3, -0.25) is 4.79 Å². The van der Waals surface area contributed by atoms with Crippen molar-refractivity contribution in [3.8, 4) is 0 Å². The number of carbonyl (C=O) groups is 1. The molecule has 5 heteroatoms. The Morgan fingerprint density at radius 3 is 2.89 bits per heavy atom. The minimum absolute atomic E-state index is 0.119. The predicted molar refractivity (Wildman–Crippen MR) is 83.5 cm³/mol. The van der Waals surface area contributed by atoms with Crippen LogP contribution in [0.25, 0.3) is 0 Å². The average Bonchev–Trinajstić information content (AvgIpc) is 2.38. The van der Waals surface area contributed by atoms with Crippen molar-refractivity contribution in [1.82, 2.24) is 4.90 Å². The number of rotatable bonds is 7. The first-order chi connectivity index (χ1) is 9.02. The fraction of sp³-hybridized carbons (Fsp3) is 0.500. The van der Waals surface area contributed by atoms with Crippen LogP contribution >= 0.6 is 23.4 Å². The molecule has 1 aromatic rings. The monoisotopic (exact) mass is 300 g/mol. The Morgan fingerprint density at radius 2 is 2.26 bits per heavy atom. The Morgan fingerprint density at radius 1 is 1.53 bits per heavy atom. The molecule has 0 aromatic heterocycles. The van der Waals surface area contributed by atoms with Crippen molar-refractivity contribution in [2.45, 2.75) is 25.9 Å². The van der Waals surface area contributed by atoms with Crippen molar-refractivity contribution in [2.75, 3.05) is 18.6 Å². The van der Waals surface area contributed by atoms with Crippen LogP contribution in [0.4, 0.5) is 0 Å². The van der Waals surface area contributed by atoms with E-state index in [1.54, 1.807) is 16.7 Å². The Labute approximate surface area is 124 Å². The lowest BCUT2D eigenvalue weighted by Gasteiger charge is -2.17. The van der Waals surface area contributed by atoms with Crippen LogP contribution in [-0.2, 0) is 11.3 Å². The van der Waals surface area contributed by atoms with E-state index in [4.69, 9.17) is 17.3 Å². The Hall–Kier alpha value is -0.710. The van der Waals surface area contributed by atoms with Gasteiger partial charge in [-0.05, 0) is 24.1 Å². The van der Waals surface area contributed by atoms with E-state index in [0.717, 1.165) is 17.7 Å². The number of hydrogen-bond donors (Lipinski definition) is 1. The lowest BCUT2D eigenvalue weighted by molar-refractivity contribution is -0.127. The van der Waals surface area contributed by atoms with Crippen LogP contribution in [0.15, 0.2) is 24.3 Å². The van der Waals surface area contributed by atoms with Gasteiger partial charge < -0.3 is 10.6 Å². The van der Waals surface area contributed by atoms with Gasteiger partial charge in [-0.2, -0.15) is 11.8 Å². The first-order valence-electron chi connectivity index (χ1n) is 6.34. The van der Waals surface area contributed by atoms with Crippen LogP contribution < -0.4 is 5.73 Å². The van der Waals surface area contributed by atoms with Crippen LogP contribution in [0.1, 0.15) is 18.9 Å². The van der Waals surface area contributed by atoms with Gasteiger partial charge in [0, 0.05) is 30.4 Å². The first kappa shape index (κ1) is 16.3. The third kappa shape index (κ3) is 6.32. The summed E-state index contributed by atoms with van der Waals surface area (Å²) in [7, 11) is 1.81. The molecule has 0 bridgehead atoms. The molecule has 1 rings (SSSR count). The molecule has 0 aliphatic heterocycles. The van der Waals surface area contributed by atoms with Crippen LogP contribution in [-0.4, -0.2) is 35.4 Å². The van der Waals surface area contributed by atoms with Gasteiger partial charge in [0.05, 0.1) is 5.75 Å². The lowest BCUT2D eigenvalue weighted by Crippen LogP contribution is -2.29. The molecule has 0 aliphatic carbocycles. The van der Waals surface area contributed by atoms with Crippen molar-refractivity contribution >= 4 is 29.3 Å². The summed E-state index contributed by atoms with van der Waals surface area (Å²) in [6, 6.07) is 7.75. The molecule has 2 N–H and O–H groups in total.